The number of hydrogen-bond donors (Lipinski definition) is 2. The number of aromatic nitrogens is 2. The molecule has 38 heavy (non-hydrogen) atoms. The number of nitrogens with one attached hydrogen (secondary N) is 2. The summed E-state index contributed by atoms with van der Waals surface area (Å²) in [6.45, 7) is 8.91. The first-order valence-electron chi connectivity index (χ1n) is 13.0. The molecule has 2 N–H and O–H groups in total. The summed E-state index contributed by atoms with van der Waals surface area (Å²) in [4.78, 5) is 8.49. The quantitative estimate of drug-likeness (QED) is 0.363. The molecule has 0 fully saturated rings. The van der Waals surface area contributed by atoms with E-state index < -0.39 is 21.4 Å². The number of hydrogen-bond acceptors (Lipinski definition) is 7. The largest absolute Gasteiger partial charge is 0.494 e. The van der Waals surface area contributed by atoms with Crippen molar-refractivity contribution in [2.75, 3.05) is 30.0 Å². The van der Waals surface area contributed by atoms with Crippen molar-refractivity contribution >= 4 is 27.1 Å². The second kappa shape index (κ2) is 13.5. The van der Waals surface area contributed by atoms with Gasteiger partial charge in [0.25, 0.3) is 0 Å². The lowest BCUT2D eigenvalue weighted by Crippen LogP contribution is -2.08. The molecule has 1 aliphatic heterocycles. The van der Waals surface area contributed by atoms with E-state index in [1.165, 1.54) is 18.2 Å². The highest BCUT2D eigenvalue weighted by Crippen LogP contribution is 2.31. The Balaban J connectivity index is 0.00000195. The van der Waals surface area contributed by atoms with Crippen LogP contribution < -0.4 is 15.4 Å². The number of rotatable bonds is 3. The molecule has 10 heteroatoms. The molecule has 206 valence electrons. The van der Waals surface area contributed by atoms with E-state index in [1.54, 1.807) is 6.26 Å². The fraction of sp³-hybridized carbons (Fsp3) is 0.429. The summed E-state index contributed by atoms with van der Waals surface area (Å²) < 4.78 is 52.2. The Morgan fingerprint density at radius 1 is 1.11 bits per heavy atom. The van der Waals surface area contributed by atoms with Crippen LogP contribution in [0.3, 0.4) is 0 Å². The molecule has 1 unspecified atom stereocenters. The van der Waals surface area contributed by atoms with Crippen LogP contribution in [-0.2, 0) is 15.5 Å². The zero-order chi connectivity index (χ0) is 27.7. The van der Waals surface area contributed by atoms with E-state index in [2.05, 4.69) is 25.0 Å². The van der Waals surface area contributed by atoms with Gasteiger partial charge in [-0.3, -0.25) is 0 Å². The van der Waals surface area contributed by atoms with Crippen molar-refractivity contribution < 1.29 is 17.7 Å². The molecule has 0 spiro atoms. The Hall–Kier alpha value is -3.27. The highest BCUT2D eigenvalue weighted by molar-refractivity contribution is 7.92. The van der Waals surface area contributed by atoms with Crippen molar-refractivity contribution in [1.82, 2.24) is 9.97 Å². The Morgan fingerprint density at radius 3 is 2.66 bits per heavy atom. The standard InChI is InChI=1S/C26H31F2N5O2S.C2H6/c1-17(2)33-36(3,34)16-18-11-20-14-21(12-18)35-10-6-4-5-9-29-24-13-19(27)7-8-22(24)25-23(28)15-30-26(31-20)32-25;1-2/h7-8,11-15,17,29H,4-6,9-10,16H2,1-3H3,(H,30,31,32);1-2H3. The summed E-state index contributed by atoms with van der Waals surface area (Å²) in [5, 5.41) is 6.32. The molecule has 3 aromatic rings. The third-order valence-corrected chi connectivity index (χ3v) is 7.21. The van der Waals surface area contributed by atoms with Crippen molar-refractivity contribution in [2.24, 2.45) is 4.36 Å². The molecule has 0 saturated heterocycles. The third-order valence-electron chi connectivity index (χ3n) is 5.48. The minimum absolute atomic E-state index is 0.0463. The lowest BCUT2D eigenvalue weighted by atomic mass is 10.1. The number of halogens is 2. The summed E-state index contributed by atoms with van der Waals surface area (Å²) in [5.41, 5.74) is 2.38. The topological polar surface area (TPSA) is 88.5 Å². The number of anilines is 3. The Kier molecular flexibility index (Phi) is 10.4. The van der Waals surface area contributed by atoms with E-state index in [1.807, 2.05) is 45.9 Å². The molecular formula is C28H37F2N5O2S. The molecule has 4 bridgehead atoms. The average Bonchev–Trinajstić information content (AvgIpc) is 2.84. The van der Waals surface area contributed by atoms with Gasteiger partial charge in [0, 0.05) is 45.5 Å². The molecule has 2 aromatic carbocycles. The summed E-state index contributed by atoms with van der Waals surface area (Å²) in [6.07, 6.45) is 5.29. The van der Waals surface area contributed by atoms with E-state index in [9.17, 15) is 13.0 Å². The van der Waals surface area contributed by atoms with Crippen LogP contribution in [0.5, 0.6) is 5.75 Å². The van der Waals surface area contributed by atoms with Gasteiger partial charge in [-0.15, -0.1) is 0 Å². The third kappa shape index (κ3) is 8.37. The maximum Gasteiger partial charge on any atom is 0.227 e. The molecule has 0 saturated carbocycles. The second-order valence-electron chi connectivity index (χ2n) is 9.21. The first kappa shape index (κ1) is 29.3. The molecule has 1 aromatic heterocycles. The predicted molar refractivity (Wildman–Crippen MR) is 152 cm³/mol. The van der Waals surface area contributed by atoms with Crippen molar-refractivity contribution in [2.45, 2.75) is 58.8 Å². The molecule has 7 nitrogen and oxygen atoms in total. The minimum atomic E-state index is -2.45. The van der Waals surface area contributed by atoms with Crippen molar-refractivity contribution in [3.05, 3.63) is 59.8 Å². The zero-order valence-electron chi connectivity index (χ0n) is 22.7. The SMILES string of the molecule is CC.CC(C)N=S(C)(=O)Cc1cc2cc(c1)OCCCCCNc1cc(F)ccc1-c1nc(ncc1F)N2. The molecule has 0 amide bonds. The predicted octanol–water partition coefficient (Wildman–Crippen LogP) is 7.17. The van der Waals surface area contributed by atoms with Crippen LogP contribution in [0, 0.1) is 11.6 Å². The normalized spacial score (nSPS) is 14.9. The van der Waals surface area contributed by atoms with Gasteiger partial charge in [0.1, 0.15) is 17.3 Å². The van der Waals surface area contributed by atoms with Crippen molar-refractivity contribution in [1.29, 1.82) is 0 Å². The molecule has 0 aliphatic carbocycles. The van der Waals surface area contributed by atoms with Gasteiger partial charge >= 0.3 is 0 Å². The van der Waals surface area contributed by atoms with Crippen molar-refractivity contribution in [3.63, 3.8) is 0 Å². The highest BCUT2D eigenvalue weighted by Gasteiger charge is 2.16. The maximum atomic E-state index is 14.8. The van der Waals surface area contributed by atoms with Crippen LogP contribution in [0.2, 0.25) is 0 Å². The number of nitrogens with zero attached hydrogens (tertiary/aromatic N) is 3. The van der Waals surface area contributed by atoms with Gasteiger partial charge in [0.15, 0.2) is 5.82 Å². The smallest absolute Gasteiger partial charge is 0.227 e. The van der Waals surface area contributed by atoms with Gasteiger partial charge < -0.3 is 15.4 Å². The summed E-state index contributed by atoms with van der Waals surface area (Å²) in [6, 6.07) is 9.61. The van der Waals surface area contributed by atoms with Gasteiger partial charge in [-0.05, 0) is 69.0 Å². The fourth-order valence-electron chi connectivity index (χ4n) is 4.12. The maximum absolute atomic E-state index is 14.8. The van der Waals surface area contributed by atoms with Crippen LogP contribution in [0.25, 0.3) is 11.3 Å². The van der Waals surface area contributed by atoms with Gasteiger partial charge in [0.05, 0.1) is 24.6 Å². The minimum Gasteiger partial charge on any atom is -0.494 e. The summed E-state index contributed by atoms with van der Waals surface area (Å²) in [7, 11) is -2.45. The molecule has 0 radical (unpaired) electrons. The number of fused-ring (bicyclic) bond motifs is 6. The Labute approximate surface area is 224 Å². The van der Waals surface area contributed by atoms with Crippen LogP contribution in [0.4, 0.5) is 26.1 Å². The lowest BCUT2D eigenvalue weighted by molar-refractivity contribution is 0.306. The highest BCUT2D eigenvalue weighted by atomic mass is 32.2. The van der Waals surface area contributed by atoms with Crippen LogP contribution in [0.1, 0.15) is 52.5 Å². The molecule has 1 aliphatic rings. The van der Waals surface area contributed by atoms with Gasteiger partial charge in [0.2, 0.25) is 5.95 Å². The Bertz CT molecular complexity index is 1360. The van der Waals surface area contributed by atoms with Gasteiger partial charge in [-0.2, -0.15) is 0 Å². The average molecular weight is 546 g/mol. The summed E-state index contributed by atoms with van der Waals surface area (Å²) in [5.74, 6) is 0.0223. The van der Waals surface area contributed by atoms with Crippen LogP contribution in [0.15, 0.2) is 47.0 Å². The van der Waals surface area contributed by atoms with Gasteiger partial charge in [-0.25, -0.2) is 27.3 Å². The van der Waals surface area contributed by atoms with E-state index in [0.29, 0.717) is 35.8 Å². The Morgan fingerprint density at radius 2 is 1.89 bits per heavy atom. The number of ether oxygens (including phenoxy) is 1. The van der Waals surface area contributed by atoms with E-state index in [0.717, 1.165) is 31.0 Å². The molecule has 1 atom stereocenters. The monoisotopic (exact) mass is 545 g/mol. The zero-order valence-corrected chi connectivity index (χ0v) is 23.5. The van der Waals surface area contributed by atoms with E-state index in [-0.39, 0.29) is 23.4 Å². The first-order valence-corrected chi connectivity index (χ1v) is 15.1. The first-order chi connectivity index (χ1) is 18.2. The summed E-state index contributed by atoms with van der Waals surface area (Å²) >= 11 is 0. The molecular weight excluding hydrogens is 508 g/mol. The second-order valence-corrected chi connectivity index (χ2v) is 11.6. The van der Waals surface area contributed by atoms with E-state index in [4.69, 9.17) is 4.74 Å². The van der Waals surface area contributed by atoms with Gasteiger partial charge in [-0.1, -0.05) is 13.8 Å². The number of benzene rings is 2. The van der Waals surface area contributed by atoms with Crippen LogP contribution in [-0.4, -0.2) is 39.6 Å². The fourth-order valence-corrected chi connectivity index (χ4v) is 5.88. The van der Waals surface area contributed by atoms with Crippen LogP contribution >= 0.6 is 0 Å². The molecule has 4 rings (SSSR count). The molecule has 2 heterocycles. The lowest BCUT2D eigenvalue weighted by Gasteiger charge is -2.16. The van der Waals surface area contributed by atoms with Crippen molar-refractivity contribution in [3.8, 4) is 17.0 Å². The van der Waals surface area contributed by atoms with E-state index >= 15 is 0 Å².